The molecule has 28 heavy (non-hydrogen) atoms. The number of esters is 1. The number of benzene rings is 3. The number of rotatable bonds is 5. The van der Waals surface area contributed by atoms with Crippen LogP contribution in [0.5, 0.6) is 5.75 Å². The molecule has 0 saturated heterocycles. The number of hydrogen-bond acceptors (Lipinski definition) is 4. The molecule has 138 valence electrons. The molecule has 1 aliphatic heterocycles. The minimum Gasteiger partial charge on any atom is -0.489 e. The lowest BCUT2D eigenvalue weighted by molar-refractivity contribution is -0.129. The molecule has 0 aromatic heterocycles. The van der Waals surface area contributed by atoms with Gasteiger partial charge in [-0.05, 0) is 42.0 Å². The number of ether oxygens (including phenoxy) is 2. The van der Waals surface area contributed by atoms with E-state index >= 15 is 0 Å². The highest BCUT2D eigenvalue weighted by molar-refractivity contribution is 6.31. The molecular weight excluding hydrogens is 374 g/mol. The molecule has 0 amide bonds. The van der Waals surface area contributed by atoms with E-state index in [-0.39, 0.29) is 5.70 Å². The van der Waals surface area contributed by atoms with Crippen molar-refractivity contribution in [2.75, 3.05) is 0 Å². The summed E-state index contributed by atoms with van der Waals surface area (Å²) in [4.78, 5) is 16.4. The minimum atomic E-state index is -0.460. The van der Waals surface area contributed by atoms with E-state index in [1.807, 2.05) is 78.9 Å². The summed E-state index contributed by atoms with van der Waals surface area (Å²) >= 11 is 6.14. The lowest BCUT2D eigenvalue weighted by Gasteiger charge is -2.07. The summed E-state index contributed by atoms with van der Waals surface area (Å²) in [5, 5.41) is 0.677. The molecule has 3 aromatic rings. The third-order valence-corrected chi connectivity index (χ3v) is 4.55. The summed E-state index contributed by atoms with van der Waals surface area (Å²) in [6.07, 6.45) is 1.69. The van der Waals surface area contributed by atoms with E-state index in [1.165, 1.54) is 0 Å². The Bertz CT molecular complexity index is 1060. The van der Waals surface area contributed by atoms with Gasteiger partial charge >= 0.3 is 5.97 Å². The van der Waals surface area contributed by atoms with Crippen LogP contribution in [0.1, 0.15) is 16.7 Å². The van der Waals surface area contributed by atoms with Crippen molar-refractivity contribution in [1.82, 2.24) is 0 Å². The summed E-state index contributed by atoms with van der Waals surface area (Å²) in [6, 6.07) is 24.3. The second-order valence-corrected chi connectivity index (χ2v) is 6.56. The summed E-state index contributed by atoms with van der Waals surface area (Å²) < 4.78 is 11.0. The first kappa shape index (κ1) is 18.0. The van der Waals surface area contributed by atoms with Gasteiger partial charge in [-0.2, -0.15) is 0 Å². The second kappa shape index (κ2) is 8.11. The van der Waals surface area contributed by atoms with Crippen LogP contribution in [0, 0.1) is 0 Å². The van der Waals surface area contributed by atoms with E-state index in [9.17, 15) is 4.79 Å². The van der Waals surface area contributed by atoms with E-state index in [4.69, 9.17) is 21.1 Å². The van der Waals surface area contributed by atoms with E-state index in [0.29, 0.717) is 23.3 Å². The van der Waals surface area contributed by atoms with Crippen LogP contribution in [0.25, 0.3) is 6.08 Å². The van der Waals surface area contributed by atoms with Crippen molar-refractivity contribution in [2.24, 2.45) is 4.99 Å². The highest BCUT2D eigenvalue weighted by Crippen LogP contribution is 2.22. The van der Waals surface area contributed by atoms with Crippen LogP contribution in [0.15, 0.2) is 89.6 Å². The first-order valence-electron chi connectivity index (χ1n) is 8.73. The largest absolute Gasteiger partial charge is 0.489 e. The number of carbonyl (C=O) groups is 1. The quantitative estimate of drug-likeness (QED) is 0.441. The van der Waals surface area contributed by atoms with Gasteiger partial charge in [0.15, 0.2) is 5.70 Å². The smallest absolute Gasteiger partial charge is 0.363 e. The summed E-state index contributed by atoms with van der Waals surface area (Å²) in [5.74, 6) is 0.569. The fourth-order valence-electron chi connectivity index (χ4n) is 2.71. The van der Waals surface area contributed by atoms with Gasteiger partial charge in [0.05, 0.1) is 0 Å². The van der Waals surface area contributed by atoms with Crippen molar-refractivity contribution in [3.05, 3.63) is 106 Å². The molecule has 0 N–H and O–H groups in total. The highest BCUT2D eigenvalue weighted by Gasteiger charge is 2.23. The number of aliphatic imine (C=N–C) groups is 1. The Hall–Kier alpha value is -3.37. The Morgan fingerprint density at radius 1 is 0.929 bits per heavy atom. The topological polar surface area (TPSA) is 47.9 Å². The average Bonchev–Trinajstić information content (AvgIpc) is 3.09. The Balaban J connectivity index is 1.46. The van der Waals surface area contributed by atoms with Crippen molar-refractivity contribution in [1.29, 1.82) is 0 Å². The zero-order chi connectivity index (χ0) is 19.3. The molecular formula is C23H16ClNO3. The molecule has 0 unspecified atom stereocenters. The van der Waals surface area contributed by atoms with Crippen LogP contribution in [0.3, 0.4) is 0 Å². The molecule has 0 fully saturated rings. The van der Waals surface area contributed by atoms with E-state index in [0.717, 1.165) is 16.7 Å². The SMILES string of the molecule is O=C1OC(c2ccccc2)=N/C1=C/c1ccc(OCc2ccccc2Cl)cc1. The average molecular weight is 390 g/mol. The molecule has 0 atom stereocenters. The Labute approximate surface area is 167 Å². The lowest BCUT2D eigenvalue weighted by atomic mass is 10.2. The predicted octanol–water partition coefficient (Wildman–Crippen LogP) is 5.26. The Morgan fingerprint density at radius 2 is 1.64 bits per heavy atom. The lowest BCUT2D eigenvalue weighted by Crippen LogP contribution is -2.04. The standard InChI is InChI=1S/C23H16ClNO3/c24-20-9-5-4-8-18(20)15-27-19-12-10-16(11-13-19)14-21-23(26)28-22(25-21)17-6-2-1-3-7-17/h1-14H,15H2/b21-14+. The fourth-order valence-corrected chi connectivity index (χ4v) is 2.90. The van der Waals surface area contributed by atoms with Gasteiger partial charge < -0.3 is 9.47 Å². The molecule has 4 nitrogen and oxygen atoms in total. The minimum absolute atomic E-state index is 0.267. The van der Waals surface area contributed by atoms with Crippen LogP contribution < -0.4 is 4.74 Å². The summed E-state index contributed by atoms with van der Waals surface area (Å²) in [5.41, 5.74) is 2.79. The Morgan fingerprint density at radius 3 is 2.39 bits per heavy atom. The first-order chi connectivity index (χ1) is 13.7. The summed E-state index contributed by atoms with van der Waals surface area (Å²) in [7, 11) is 0. The van der Waals surface area contributed by atoms with Gasteiger partial charge in [-0.1, -0.05) is 60.1 Å². The monoisotopic (exact) mass is 389 g/mol. The van der Waals surface area contributed by atoms with Crippen LogP contribution in [0.2, 0.25) is 5.02 Å². The third kappa shape index (κ3) is 4.13. The molecule has 5 heteroatoms. The fraction of sp³-hybridized carbons (Fsp3) is 0.0435. The van der Waals surface area contributed by atoms with Crippen LogP contribution >= 0.6 is 11.6 Å². The number of nitrogens with zero attached hydrogens (tertiary/aromatic N) is 1. The zero-order valence-electron chi connectivity index (χ0n) is 14.8. The van der Waals surface area contributed by atoms with Gasteiger partial charge in [0.1, 0.15) is 12.4 Å². The molecule has 0 saturated carbocycles. The van der Waals surface area contributed by atoms with Gasteiger partial charge in [-0.15, -0.1) is 0 Å². The maximum Gasteiger partial charge on any atom is 0.363 e. The van der Waals surface area contributed by atoms with Gasteiger partial charge in [0.25, 0.3) is 0 Å². The predicted molar refractivity (Wildman–Crippen MR) is 109 cm³/mol. The maximum absolute atomic E-state index is 12.1. The highest BCUT2D eigenvalue weighted by atomic mass is 35.5. The van der Waals surface area contributed by atoms with Crippen LogP contribution in [0.4, 0.5) is 0 Å². The molecule has 0 radical (unpaired) electrons. The molecule has 0 spiro atoms. The van der Waals surface area contributed by atoms with Crippen LogP contribution in [-0.2, 0) is 16.1 Å². The molecule has 0 aliphatic carbocycles. The van der Waals surface area contributed by atoms with E-state index in [2.05, 4.69) is 4.99 Å². The molecule has 0 bridgehead atoms. The number of carbonyl (C=O) groups excluding carboxylic acids is 1. The van der Waals surface area contributed by atoms with Crippen molar-refractivity contribution >= 4 is 29.5 Å². The molecule has 4 rings (SSSR count). The van der Waals surface area contributed by atoms with Gasteiger partial charge in [0, 0.05) is 16.1 Å². The van der Waals surface area contributed by atoms with Gasteiger partial charge in [-0.3, -0.25) is 0 Å². The first-order valence-corrected chi connectivity index (χ1v) is 9.11. The number of hydrogen-bond donors (Lipinski definition) is 0. The normalized spacial score (nSPS) is 14.7. The molecule has 1 aliphatic rings. The van der Waals surface area contributed by atoms with E-state index in [1.54, 1.807) is 6.08 Å². The number of halogens is 1. The molecule has 3 aromatic carbocycles. The number of cyclic esters (lactones) is 1. The zero-order valence-corrected chi connectivity index (χ0v) is 15.6. The Kier molecular flexibility index (Phi) is 5.22. The summed E-state index contributed by atoms with van der Waals surface area (Å²) in [6.45, 7) is 0.386. The maximum atomic E-state index is 12.1. The van der Waals surface area contributed by atoms with Crippen molar-refractivity contribution in [3.63, 3.8) is 0 Å². The van der Waals surface area contributed by atoms with Crippen molar-refractivity contribution in [3.8, 4) is 5.75 Å². The van der Waals surface area contributed by atoms with Gasteiger partial charge in [0.2, 0.25) is 5.90 Å². The van der Waals surface area contributed by atoms with Crippen molar-refractivity contribution in [2.45, 2.75) is 6.61 Å². The van der Waals surface area contributed by atoms with Gasteiger partial charge in [-0.25, -0.2) is 9.79 Å². The van der Waals surface area contributed by atoms with Crippen molar-refractivity contribution < 1.29 is 14.3 Å². The molecule has 1 heterocycles. The van der Waals surface area contributed by atoms with Crippen LogP contribution in [-0.4, -0.2) is 11.9 Å². The third-order valence-electron chi connectivity index (χ3n) is 4.18. The van der Waals surface area contributed by atoms with E-state index < -0.39 is 5.97 Å². The second-order valence-electron chi connectivity index (χ2n) is 6.15.